The van der Waals surface area contributed by atoms with E-state index in [4.69, 9.17) is 23.2 Å². The third-order valence-electron chi connectivity index (χ3n) is 2.58. The van der Waals surface area contributed by atoms with Crippen LogP contribution in [0.4, 0.5) is 10.1 Å². The van der Waals surface area contributed by atoms with Crippen molar-refractivity contribution in [1.82, 2.24) is 0 Å². The maximum atomic E-state index is 13.7. The number of anilines is 1. The van der Waals surface area contributed by atoms with E-state index in [1.165, 1.54) is 18.2 Å². The van der Waals surface area contributed by atoms with Gasteiger partial charge in [-0.3, -0.25) is 4.79 Å². The van der Waals surface area contributed by atoms with Crippen LogP contribution >= 0.6 is 23.2 Å². The minimum Gasteiger partial charge on any atom is -0.321 e. The van der Waals surface area contributed by atoms with Gasteiger partial charge < -0.3 is 5.32 Å². The lowest BCUT2D eigenvalue weighted by atomic mass is 10.1. The average molecular weight is 310 g/mol. The molecule has 1 aliphatic rings. The van der Waals surface area contributed by atoms with Gasteiger partial charge >= 0.3 is 0 Å². The van der Waals surface area contributed by atoms with E-state index < -0.39 is 5.83 Å². The quantitative estimate of drug-likeness (QED) is 0.628. The predicted molar refractivity (Wildman–Crippen MR) is 81.4 cm³/mol. The molecule has 0 unspecified atom stereocenters. The molecule has 0 atom stereocenters. The van der Waals surface area contributed by atoms with Gasteiger partial charge in [0.25, 0.3) is 5.91 Å². The highest BCUT2D eigenvalue weighted by Gasteiger charge is 2.24. The molecule has 0 spiro atoms. The summed E-state index contributed by atoms with van der Waals surface area (Å²) >= 11 is 11.3. The molecule has 102 valence electrons. The Kier molecular flexibility index (Phi) is 4.42. The Morgan fingerprint density at radius 2 is 2.15 bits per heavy atom. The summed E-state index contributed by atoms with van der Waals surface area (Å²) in [7, 11) is 0. The van der Waals surface area contributed by atoms with Crippen LogP contribution in [0.5, 0.6) is 0 Å². The number of hydrogen-bond donors (Lipinski definition) is 1. The highest BCUT2D eigenvalue weighted by Crippen LogP contribution is 2.34. The molecule has 1 heterocycles. The topological polar surface area (TPSA) is 29.1 Å². The van der Waals surface area contributed by atoms with Crippen molar-refractivity contribution in [2.45, 2.75) is 0 Å². The molecule has 5 heteroatoms. The van der Waals surface area contributed by atoms with Crippen LogP contribution < -0.4 is 5.32 Å². The molecule has 0 saturated carbocycles. The average Bonchev–Trinajstić information content (AvgIpc) is 2.64. The second-order valence-corrected chi connectivity index (χ2v) is 4.98. The lowest BCUT2D eigenvalue weighted by molar-refractivity contribution is -0.110. The van der Waals surface area contributed by atoms with Gasteiger partial charge in [-0.15, -0.1) is 0 Å². The smallest absolute Gasteiger partial charge is 0.256 e. The van der Waals surface area contributed by atoms with E-state index in [1.807, 2.05) is 0 Å². The van der Waals surface area contributed by atoms with E-state index in [0.717, 1.165) is 6.08 Å². The summed E-state index contributed by atoms with van der Waals surface area (Å²) < 4.78 is 13.7. The molecule has 2 nitrogen and oxygen atoms in total. The zero-order valence-electron chi connectivity index (χ0n) is 10.3. The number of halogens is 3. The molecule has 1 aromatic carbocycles. The molecule has 0 aliphatic carbocycles. The number of carbonyl (C=O) groups is 1. The van der Waals surface area contributed by atoms with Gasteiger partial charge in [0, 0.05) is 15.6 Å². The normalized spacial score (nSPS) is 16.6. The van der Waals surface area contributed by atoms with Gasteiger partial charge in [-0.05, 0) is 30.4 Å². The summed E-state index contributed by atoms with van der Waals surface area (Å²) in [6.07, 6.45) is 5.22. The van der Waals surface area contributed by atoms with Crippen LogP contribution in [0, 0.1) is 0 Å². The van der Waals surface area contributed by atoms with Crippen molar-refractivity contribution in [3.63, 3.8) is 0 Å². The van der Waals surface area contributed by atoms with Gasteiger partial charge in [0.15, 0.2) is 0 Å². The van der Waals surface area contributed by atoms with Gasteiger partial charge in [-0.1, -0.05) is 41.9 Å². The highest BCUT2D eigenvalue weighted by molar-refractivity contribution is 6.34. The van der Waals surface area contributed by atoms with Crippen molar-refractivity contribution in [1.29, 1.82) is 0 Å². The molecule has 0 fully saturated rings. The van der Waals surface area contributed by atoms with Crippen molar-refractivity contribution in [2.24, 2.45) is 0 Å². The number of nitrogens with one attached hydrogen (secondary N) is 1. The van der Waals surface area contributed by atoms with Crippen LogP contribution in [0.3, 0.4) is 0 Å². The summed E-state index contributed by atoms with van der Waals surface area (Å²) in [5.41, 5.74) is 1.45. The van der Waals surface area contributed by atoms with Gasteiger partial charge in [0.05, 0.1) is 11.3 Å². The summed E-state index contributed by atoms with van der Waals surface area (Å²) in [5, 5.41) is 3.43. The fourth-order valence-corrected chi connectivity index (χ4v) is 1.99. The summed E-state index contributed by atoms with van der Waals surface area (Å²) in [4.78, 5) is 11.8. The SMILES string of the molecule is C=C(Cl)\C=C/C=C(F)/C=C1/C(=O)Nc2cc(Cl)ccc21. The van der Waals surface area contributed by atoms with Gasteiger partial charge in [0.2, 0.25) is 0 Å². The number of allylic oxidation sites excluding steroid dienone is 6. The van der Waals surface area contributed by atoms with Crippen LogP contribution in [-0.2, 0) is 4.79 Å². The molecule has 1 amide bonds. The van der Waals surface area contributed by atoms with Crippen LogP contribution in [0.15, 0.2) is 59.9 Å². The van der Waals surface area contributed by atoms with E-state index in [0.29, 0.717) is 21.3 Å². The molecule has 1 aliphatic heterocycles. The molecule has 0 saturated heterocycles. The van der Waals surface area contributed by atoms with Crippen molar-refractivity contribution in [3.8, 4) is 0 Å². The maximum Gasteiger partial charge on any atom is 0.256 e. The Hall–Kier alpha value is -1.84. The summed E-state index contributed by atoms with van der Waals surface area (Å²) in [5.74, 6) is -0.927. The Labute approximate surface area is 125 Å². The monoisotopic (exact) mass is 309 g/mol. The van der Waals surface area contributed by atoms with E-state index >= 15 is 0 Å². The van der Waals surface area contributed by atoms with Crippen LogP contribution in [-0.4, -0.2) is 5.91 Å². The third-order valence-corrected chi connectivity index (χ3v) is 2.94. The molecule has 0 aromatic heterocycles. The molecule has 1 aromatic rings. The van der Waals surface area contributed by atoms with Gasteiger partial charge in [-0.2, -0.15) is 0 Å². The summed E-state index contributed by atoms with van der Waals surface area (Å²) in [6.45, 7) is 3.44. The van der Waals surface area contributed by atoms with Gasteiger partial charge in [0.1, 0.15) is 5.83 Å². The molecule has 1 N–H and O–H groups in total. The van der Waals surface area contributed by atoms with Crippen molar-refractivity contribution < 1.29 is 9.18 Å². The van der Waals surface area contributed by atoms with E-state index in [9.17, 15) is 9.18 Å². The number of hydrogen-bond acceptors (Lipinski definition) is 1. The second-order valence-electron chi connectivity index (χ2n) is 4.06. The number of carbonyl (C=O) groups excluding carboxylic acids is 1. The molecule has 0 radical (unpaired) electrons. The molecular formula is C15H10Cl2FNO. The third kappa shape index (κ3) is 3.38. The zero-order valence-corrected chi connectivity index (χ0v) is 11.8. The van der Waals surface area contributed by atoms with E-state index in [-0.39, 0.29) is 11.5 Å². The van der Waals surface area contributed by atoms with Crippen LogP contribution in [0.25, 0.3) is 5.57 Å². The first-order valence-electron chi connectivity index (χ1n) is 5.68. The fraction of sp³-hybridized carbons (Fsp3) is 0. The van der Waals surface area contributed by atoms with Crippen molar-refractivity contribution >= 4 is 40.4 Å². The van der Waals surface area contributed by atoms with E-state index in [2.05, 4.69) is 11.9 Å². The first-order chi connectivity index (χ1) is 9.47. The highest BCUT2D eigenvalue weighted by atomic mass is 35.5. The molecule has 0 bridgehead atoms. The fourth-order valence-electron chi connectivity index (χ4n) is 1.74. The summed E-state index contributed by atoms with van der Waals surface area (Å²) in [6, 6.07) is 4.94. The number of amides is 1. The van der Waals surface area contributed by atoms with E-state index in [1.54, 1.807) is 18.2 Å². The Balaban J connectivity index is 2.32. The Bertz CT molecular complexity index is 674. The standard InChI is InChI=1S/C15H10Cl2FNO/c1-9(16)3-2-4-11(18)8-13-12-6-5-10(17)7-14(12)19-15(13)20/h2-8H,1H2,(H,19,20)/b3-2-,11-4-,13-8+. The predicted octanol–water partition coefficient (Wildman–Crippen LogP) is 4.84. The molecular weight excluding hydrogens is 300 g/mol. The minimum atomic E-state index is -0.563. The van der Waals surface area contributed by atoms with Gasteiger partial charge in [-0.25, -0.2) is 4.39 Å². The first-order valence-corrected chi connectivity index (χ1v) is 6.44. The van der Waals surface area contributed by atoms with Crippen molar-refractivity contribution in [2.75, 3.05) is 5.32 Å². The van der Waals surface area contributed by atoms with Crippen LogP contribution in [0.2, 0.25) is 5.02 Å². The lowest BCUT2D eigenvalue weighted by Crippen LogP contribution is -2.03. The first kappa shape index (κ1) is 14.6. The second kappa shape index (κ2) is 6.07. The lowest BCUT2D eigenvalue weighted by Gasteiger charge is -1.97. The van der Waals surface area contributed by atoms with Crippen molar-refractivity contribution in [3.05, 3.63) is 70.5 Å². The Morgan fingerprint density at radius 3 is 2.85 bits per heavy atom. The minimum absolute atomic E-state index is 0.253. The number of fused-ring (bicyclic) bond motifs is 1. The Morgan fingerprint density at radius 1 is 1.40 bits per heavy atom. The largest absolute Gasteiger partial charge is 0.321 e. The molecule has 2 rings (SSSR count). The number of rotatable bonds is 3. The maximum absolute atomic E-state index is 13.7. The zero-order chi connectivity index (χ0) is 14.7. The van der Waals surface area contributed by atoms with Crippen LogP contribution in [0.1, 0.15) is 5.56 Å². The number of benzene rings is 1. The molecule has 20 heavy (non-hydrogen) atoms.